The summed E-state index contributed by atoms with van der Waals surface area (Å²) in [5, 5.41) is 19.6. The smallest absolute Gasteiger partial charge is 0.299 e. The number of halogens is 4. The Morgan fingerprint density at radius 3 is 1.88 bits per heavy atom. The van der Waals surface area contributed by atoms with Crippen molar-refractivity contribution >= 4 is 17.3 Å². The number of benzene rings is 4. The van der Waals surface area contributed by atoms with Gasteiger partial charge in [-0.2, -0.15) is 18.4 Å². The molecule has 0 aliphatic heterocycles. The van der Waals surface area contributed by atoms with Crippen LogP contribution in [0.5, 0.6) is 0 Å². The van der Waals surface area contributed by atoms with Crippen LogP contribution in [0.25, 0.3) is 0 Å². The van der Waals surface area contributed by atoms with Gasteiger partial charge in [-0.05, 0) is 91.6 Å². The summed E-state index contributed by atoms with van der Waals surface area (Å²) in [5.74, 6) is -0.248. The first kappa shape index (κ1) is 37.3. The third kappa shape index (κ3) is 12.2. The molecule has 250 valence electrons. The van der Waals surface area contributed by atoms with E-state index in [9.17, 15) is 37.3 Å². The molecule has 0 saturated carbocycles. The topological polar surface area (TPSA) is 101 Å². The summed E-state index contributed by atoms with van der Waals surface area (Å²) in [4.78, 5) is 33.7. The zero-order valence-corrected chi connectivity index (χ0v) is 26.8. The standard InChI is InChI=1S/C19H18F3NO3.C19H18FNO/c1-13-4-2-5-14(10-13)6-3-7-16(24)11-15-8-9-18(23(25)26)17(12-15)19(20,21)22;1-14-11-16(5-8-17(14)13-21)12-19(22)4-2-3-15-6-9-18(20)10-7-15/h2,4-5,8-10,12H,3,6-7,11H2,1H3;5-11H,2-4,12H2,1H3. The summed E-state index contributed by atoms with van der Waals surface area (Å²) >= 11 is 0. The van der Waals surface area contributed by atoms with Crippen LogP contribution in [0.4, 0.5) is 23.2 Å². The summed E-state index contributed by atoms with van der Waals surface area (Å²) in [6.07, 6.45) is -1.01. The van der Waals surface area contributed by atoms with Gasteiger partial charge in [0.25, 0.3) is 5.69 Å². The summed E-state index contributed by atoms with van der Waals surface area (Å²) in [6.45, 7) is 3.85. The minimum Gasteiger partial charge on any atom is -0.299 e. The molecule has 10 heteroatoms. The molecule has 0 aliphatic rings. The van der Waals surface area contributed by atoms with E-state index in [4.69, 9.17) is 5.26 Å². The van der Waals surface area contributed by atoms with Crippen LogP contribution in [0, 0.1) is 41.1 Å². The average Bonchev–Trinajstić information content (AvgIpc) is 3.02. The van der Waals surface area contributed by atoms with E-state index in [0.29, 0.717) is 37.3 Å². The van der Waals surface area contributed by atoms with E-state index >= 15 is 0 Å². The van der Waals surface area contributed by atoms with Gasteiger partial charge < -0.3 is 0 Å². The summed E-state index contributed by atoms with van der Waals surface area (Å²) in [7, 11) is 0. The molecule has 0 N–H and O–H groups in total. The lowest BCUT2D eigenvalue weighted by atomic mass is 9.99. The van der Waals surface area contributed by atoms with Crippen LogP contribution < -0.4 is 0 Å². The summed E-state index contributed by atoms with van der Waals surface area (Å²) < 4.78 is 51.7. The molecule has 0 saturated heterocycles. The highest BCUT2D eigenvalue weighted by Gasteiger charge is 2.38. The average molecular weight is 661 g/mol. The van der Waals surface area contributed by atoms with Crippen molar-refractivity contribution in [1.82, 2.24) is 0 Å². The molecule has 6 nitrogen and oxygen atoms in total. The molecule has 48 heavy (non-hydrogen) atoms. The molecule has 0 spiro atoms. The molecule has 0 aromatic heterocycles. The first-order valence-corrected chi connectivity index (χ1v) is 15.4. The van der Waals surface area contributed by atoms with Crippen molar-refractivity contribution in [2.24, 2.45) is 0 Å². The highest BCUT2D eigenvalue weighted by Crippen LogP contribution is 2.36. The van der Waals surface area contributed by atoms with Crippen molar-refractivity contribution in [3.05, 3.63) is 145 Å². The third-order valence-electron chi connectivity index (χ3n) is 7.61. The molecule has 0 unspecified atom stereocenters. The molecule has 4 rings (SSSR count). The normalized spacial score (nSPS) is 10.9. The molecule has 0 radical (unpaired) electrons. The fraction of sp³-hybridized carbons (Fsp3) is 0.289. The monoisotopic (exact) mass is 660 g/mol. The number of carbonyl (C=O) groups is 2. The number of nitrogens with zero attached hydrogens (tertiary/aromatic N) is 2. The van der Waals surface area contributed by atoms with Gasteiger partial charge in [-0.15, -0.1) is 0 Å². The number of carbonyl (C=O) groups excluding carboxylic acids is 2. The maximum absolute atomic E-state index is 13.0. The van der Waals surface area contributed by atoms with Crippen LogP contribution in [0.1, 0.15) is 70.2 Å². The highest BCUT2D eigenvalue weighted by atomic mass is 19.4. The zero-order chi connectivity index (χ0) is 35.3. The predicted octanol–water partition coefficient (Wildman–Crippen LogP) is 9.20. The molecule has 4 aromatic rings. The molecule has 0 heterocycles. The number of rotatable bonds is 13. The third-order valence-corrected chi connectivity index (χ3v) is 7.61. The Bertz CT molecular complexity index is 1780. The van der Waals surface area contributed by atoms with Crippen molar-refractivity contribution in [3.8, 4) is 6.07 Å². The van der Waals surface area contributed by atoms with Crippen LogP contribution >= 0.6 is 0 Å². The Morgan fingerprint density at radius 2 is 1.33 bits per heavy atom. The SMILES string of the molecule is Cc1cc(CC(=O)CCCc2ccc(F)cc2)ccc1C#N.Cc1cccc(CCCC(=O)Cc2ccc([N+](=O)[O-])c(C(F)(F)F)c2)c1. The van der Waals surface area contributed by atoms with Gasteiger partial charge in [0.15, 0.2) is 0 Å². The number of aryl methyl sites for hydroxylation is 4. The predicted molar refractivity (Wildman–Crippen MR) is 175 cm³/mol. The van der Waals surface area contributed by atoms with Crippen LogP contribution in [-0.2, 0) is 41.4 Å². The fourth-order valence-electron chi connectivity index (χ4n) is 5.17. The van der Waals surface area contributed by atoms with E-state index in [-0.39, 0.29) is 35.8 Å². The van der Waals surface area contributed by atoms with E-state index in [1.807, 2.05) is 50.2 Å². The van der Waals surface area contributed by atoms with Gasteiger partial charge >= 0.3 is 6.18 Å². The maximum Gasteiger partial charge on any atom is 0.423 e. The van der Waals surface area contributed by atoms with Crippen molar-refractivity contribution in [1.29, 1.82) is 5.26 Å². The van der Waals surface area contributed by atoms with Gasteiger partial charge in [0.1, 0.15) is 22.9 Å². The largest absolute Gasteiger partial charge is 0.423 e. The second-order valence-corrected chi connectivity index (χ2v) is 11.6. The number of nitro benzene ring substituents is 1. The number of nitriles is 1. The van der Waals surface area contributed by atoms with E-state index in [1.54, 1.807) is 18.2 Å². The molecular formula is C38H36F4N2O4. The van der Waals surface area contributed by atoms with Gasteiger partial charge in [0.2, 0.25) is 0 Å². The zero-order valence-electron chi connectivity index (χ0n) is 26.8. The van der Waals surface area contributed by atoms with E-state index in [1.165, 1.54) is 18.2 Å². The van der Waals surface area contributed by atoms with Gasteiger partial charge in [-0.1, -0.05) is 60.2 Å². The fourth-order valence-corrected chi connectivity index (χ4v) is 5.17. The molecular weight excluding hydrogens is 624 g/mol. The lowest BCUT2D eigenvalue weighted by molar-refractivity contribution is -0.388. The van der Waals surface area contributed by atoms with E-state index < -0.39 is 22.4 Å². The first-order valence-electron chi connectivity index (χ1n) is 15.4. The van der Waals surface area contributed by atoms with Gasteiger partial charge in [0, 0.05) is 31.7 Å². The quantitative estimate of drug-likeness (QED) is 0.0809. The van der Waals surface area contributed by atoms with Crippen LogP contribution in [0.2, 0.25) is 0 Å². The van der Waals surface area contributed by atoms with Gasteiger partial charge in [-0.3, -0.25) is 19.7 Å². The Balaban J connectivity index is 0.000000264. The first-order chi connectivity index (χ1) is 22.7. The number of alkyl halides is 3. The second kappa shape index (κ2) is 17.7. The number of Topliss-reactive ketones (excluding diaryl/α,β-unsaturated/α-hetero) is 2. The van der Waals surface area contributed by atoms with E-state index in [2.05, 4.69) is 6.07 Å². The number of hydrogen-bond acceptors (Lipinski definition) is 5. The lowest BCUT2D eigenvalue weighted by Gasteiger charge is -2.09. The minimum absolute atomic E-state index is 0.128. The maximum atomic E-state index is 13.0. The minimum atomic E-state index is -4.84. The second-order valence-electron chi connectivity index (χ2n) is 11.6. The van der Waals surface area contributed by atoms with Crippen LogP contribution in [0.3, 0.4) is 0 Å². The van der Waals surface area contributed by atoms with Crippen LogP contribution in [-0.4, -0.2) is 16.5 Å². The number of nitro groups is 1. The van der Waals surface area contributed by atoms with Crippen LogP contribution in [0.15, 0.2) is 84.9 Å². The Hall–Kier alpha value is -5.17. The van der Waals surface area contributed by atoms with Crippen molar-refractivity contribution in [3.63, 3.8) is 0 Å². The molecule has 0 amide bonds. The molecule has 4 aromatic carbocycles. The Labute approximate surface area is 277 Å². The van der Waals surface area contributed by atoms with E-state index in [0.717, 1.165) is 46.7 Å². The van der Waals surface area contributed by atoms with Gasteiger partial charge in [0.05, 0.1) is 16.6 Å². The van der Waals surface area contributed by atoms with Crippen molar-refractivity contribution in [2.75, 3.05) is 0 Å². The molecule has 0 bridgehead atoms. The Morgan fingerprint density at radius 1 is 0.771 bits per heavy atom. The molecule has 0 fully saturated rings. The summed E-state index contributed by atoms with van der Waals surface area (Å²) in [6, 6.07) is 24.6. The van der Waals surface area contributed by atoms with Crippen molar-refractivity contribution in [2.45, 2.75) is 71.4 Å². The van der Waals surface area contributed by atoms with Crippen molar-refractivity contribution < 1.29 is 32.1 Å². The number of hydrogen-bond donors (Lipinski definition) is 0. The van der Waals surface area contributed by atoms with Gasteiger partial charge in [-0.25, -0.2) is 4.39 Å². The molecule has 0 aliphatic carbocycles. The highest BCUT2D eigenvalue weighted by molar-refractivity contribution is 5.81. The summed E-state index contributed by atoms with van der Waals surface area (Å²) in [5.41, 5.74) is 3.56. The molecule has 0 atom stereocenters. The Kier molecular flexibility index (Phi) is 13.7. The number of ketones is 2. The lowest BCUT2D eigenvalue weighted by Crippen LogP contribution is -2.11.